The number of aromatic amines is 2. The average Bonchev–Trinajstić information content (AvgIpc) is 3.52. The predicted octanol–water partition coefficient (Wildman–Crippen LogP) is 5.40. The van der Waals surface area contributed by atoms with Crippen molar-refractivity contribution in [2.75, 3.05) is 5.32 Å². The summed E-state index contributed by atoms with van der Waals surface area (Å²) in [5.41, 5.74) is 7.47. The second-order valence-corrected chi connectivity index (χ2v) is 9.44. The van der Waals surface area contributed by atoms with Gasteiger partial charge in [-0.2, -0.15) is 5.10 Å². The fraction of sp³-hybridized carbons (Fsp3) is 0.179. The van der Waals surface area contributed by atoms with Gasteiger partial charge in [0.2, 0.25) is 0 Å². The molecule has 6 rings (SSSR count). The van der Waals surface area contributed by atoms with Gasteiger partial charge in [0.15, 0.2) is 11.5 Å². The molecule has 0 saturated carbocycles. The lowest BCUT2D eigenvalue weighted by atomic mass is 10.0. The number of aliphatic hydroxyl groups is 1. The first-order valence-electron chi connectivity index (χ1n) is 12.2. The van der Waals surface area contributed by atoms with Crippen LogP contribution >= 0.6 is 0 Å². The lowest BCUT2D eigenvalue weighted by Gasteiger charge is -2.16. The number of nitrogens with one attached hydrogen (secondary N) is 3. The van der Waals surface area contributed by atoms with Gasteiger partial charge >= 0.3 is 0 Å². The molecule has 9 heteroatoms. The van der Waals surface area contributed by atoms with Crippen molar-refractivity contribution < 1.29 is 5.11 Å². The maximum absolute atomic E-state index is 10.3. The maximum Gasteiger partial charge on any atom is 0.178 e. The van der Waals surface area contributed by atoms with Crippen molar-refractivity contribution in [2.45, 2.75) is 26.5 Å². The van der Waals surface area contributed by atoms with E-state index < -0.39 is 6.23 Å². The standard InChI is InChI=1S/C28H26N8O/c1-16(2)11-24(37)32-19-12-18(14-29-15-19)17-6-7-23-21(13-17)26(36-35-23)28-33-25-20(8-10-31-27(25)34-28)22-5-3-4-9-30-22/h3-10,12-16,24,32,37H,11H2,1-2H3,(H,35,36)(H,31,33,34). The summed E-state index contributed by atoms with van der Waals surface area (Å²) in [6.45, 7) is 4.16. The van der Waals surface area contributed by atoms with Crippen LogP contribution in [0.25, 0.3) is 56.0 Å². The maximum atomic E-state index is 10.3. The minimum atomic E-state index is -0.627. The van der Waals surface area contributed by atoms with Gasteiger partial charge in [-0.3, -0.25) is 15.1 Å². The Balaban J connectivity index is 1.38. The van der Waals surface area contributed by atoms with Crippen LogP contribution in [-0.4, -0.2) is 46.5 Å². The smallest absolute Gasteiger partial charge is 0.178 e. The molecule has 37 heavy (non-hydrogen) atoms. The number of H-pyrrole nitrogens is 2. The number of benzene rings is 1. The van der Waals surface area contributed by atoms with E-state index in [2.05, 4.69) is 55.4 Å². The monoisotopic (exact) mass is 490 g/mol. The lowest BCUT2D eigenvalue weighted by molar-refractivity contribution is 0.176. The Morgan fingerprint density at radius 2 is 1.89 bits per heavy atom. The Labute approximate surface area is 213 Å². The molecular formula is C28H26N8O. The molecule has 0 aliphatic carbocycles. The van der Waals surface area contributed by atoms with E-state index in [9.17, 15) is 5.11 Å². The van der Waals surface area contributed by atoms with Gasteiger partial charge in [0.25, 0.3) is 0 Å². The molecule has 1 unspecified atom stereocenters. The Kier molecular flexibility index (Phi) is 5.82. The first-order chi connectivity index (χ1) is 18.0. The molecule has 0 radical (unpaired) electrons. The number of hydrogen-bond acceptors (Lipinski definition) is 7. The lowest BCUT2D eigenvalue weighted by Crippen LogP contribution is -2.20. The largest absolute Gasteiger partial charge is 0.374 e. The van der Waals surface area contributed by atoms with Gasteiger partial charge < -0.3 is 15.4 Å². The SMILES string of the molecule is CC(C)CC(O)Nc1cncc(-c2ccc3[nH]nc(-c4nc5nccc(-c6ccccn6)c5[nH]4)c3c2)c1. The topological polar surface area (TPSA) is 128 Å². The van der Waals surface area contributed by atoms with Crippen molar-refractivity contribution in [3.05, 3.63) is 73.3 Å². The Bertz CT molecular complexity index is 1690. The zero-order valence-electron chi connectivity index (χ0n) is 20.5. The van der Waals surface area contributed by atoms with E-state index in [1.54, 1.807) is 18.6 Å². The number of rotatable bonds is 7. The number of anilines is 1. The number of fused-ring (bicyclic) bond motifs is 2. The van der Waals surface area contributed by atoms with Gasteiger partial charge in [-0.15, -0.1) is 0 Å². The summed E-state index contributed by atoms with van der Waals surface area (Å²) in [4.78, 5) is 21.5. The predicted molar refractivity (Wildman–Crippen MR) is 145 cm³/mol. The summed E-state index contributed by atoms with van der Waals surface area (Å²) in [6, 6.07) is 15.8. The summed E-state index contributed by atoms with van der Waals surface area (Å²) in [7, 11) is 0. The van der Waals surface area contributed by atoms with Crippen LogP contribution in [0.5, 0.6) is 0 Å². The molecule has 0 amide bonds. The molecule has 184 valence electrons. The molecule has 9 nitrogen and oxygen atoms in total. The molecule has 5 heterocycles. The number of pyridine rings is 3. The van der Waals surface area contributed by atoms with Gasteiger partial charge in [-0.1, -0.05) is 26.0 Å². The number of imidazole rings is 1. The molecule has 5 aromatic heterocycles. The third-order valence-corrected chi connectivity index (χ3v) is 6.22. The first kappa shape index (κ1) is 22.8. The van der Waals surface area contributed by atoms with E-state index >= 15 is 0 Å². The second-order valence-electron chi connectivity index (χ2n) is 9.44. The molecule has 0 bridgehead atoms. The summed E-state index contributed by atoms with van der Waals surface area (Å²) in [6.07, 6.45) is 7.07. The van der Waals surface area contributed by atoms with Gasteiger partial charge in [0, 0.05) is 35.1 Å². The quantitative estimate of drug-likeness (QED) is 0.221. The number of aliphatic hydroxyl groups excluding tert-OH is 1. The molecule has 1 aromatic carbocycles. The van der Waals surface area contributed by atoms with Gasteiger partial charge in [-0.25, -0.2) is 9.97 Å². The molecular weight excluding hydrogens is 464 g/mol. The van der Waals surface area contributed by atoms with E-state index in [4.69, 9.17) is 4.98 Å². The highest BCUT2D eigenvalue weighted by molar-refractivity contribution is 5.97. The third kappa shape index (κ3) is 4.52. The normalized spacial score (nSPS) is 12.4. The van der Waals surface area contributed by atoms with Gasteiger partial charge in [-0.05, 0) is 54.3 Å². The van der Waals surface area contributed by atoms with Crippen molar-refractivity contribution in [3.63, 3.8) is 0 Å². The number of hydrogen-bond donors (Lipinski definition) is 4. The zero-order valence-corrected chi connectivity index (χ0v) is 20.5. The summed E-state index contributed by atoms with van der Waals surface area (Å²) in [5.74, 6) is 1.01. The van der Waals surface area contributed by atoms with Crippen LogP contribution in [0.15, 0.2) is 73.3 Å². The fourth-order valence-corrected chi connectivity index (χ4v) is 4.51. The second kappa shape index (κ2) is 9.44. The van der Waals surface area contributed by atoms with Crippen molar-refractivity contribution in [1.29, 1.82) is 0 Å². The average molecular weight is 491 g/mol. The van der Waals surface area contributed by atoms with Crippen molar-refractivity contribution in [2.24, 2.45) is 5.92 Å². The van der Waals surface area contributed by atoms with Crippen LogP contribution in [-0.2, 0) is 0 Å². The van der Waals surface area contributed by atoms with Crippen LogP contribution < -0.4 is 5.32 Å². The molecule has 4 N–H and O–H groups in total. The van der Waals surface area contributed by atoms with Crippen LogP contribution in [0.1, 0.15) is 20.3 Å². The minimum absolute atomic E-state index is 0.383. The summed E-state index contributed by atoms with van der Waals surface area (Å²) < 4.78 is 0. The van der Waals surface area contributed by atoms with E-state index in [-0.39, 0.29) is 0 Å². The highest BCUT2D eigenvalue weighted by Crippen LogP contribution is 2.32. The van der Waals surface area contributed by atoms with E-state index in [0.29, 0.717) is 29.5 Å². The van der Waals surface area contributed by atoms with E-state index in [1.165, 1.54) is 0 Å². The zero-order chi connectivity index (χ0) is 25.4. The molecule has 0 fully saturated rings. The van der Waals surface area contributed by atoms with Gasteiger partial charge in [0.1, 0.15) is 11.9 Å². The molecule has 6 aromatic rings. The minimum Gasteiger partial charge on any atom is -0.374 e. The number of aromatic nitrogens is 7. The number of nitrogens with zero attached hydrogens (tertiary/aromatic N) is 5. The molecule has 1 atom stereocenters. The van der Waals surface area contributed by atoms with Crippen molar-refractivity contribution >= 4 is 27.8 Å². The Hall–Kier alpha value is -4.63. The van der Waals surface area contributed by atoms with E-state index in [1.807, 2.05) is 48.7 Å². The van der Waals surface area contributed by atoms with Crippen LogP contribution in [0, 0.1) is 5.92 Å². The fourth-order valence-electron chi connectivity index (χ4n) is 4.51. The van der Waals surface area contributed by atoms with Crippen molar-refractivity contribution in [3.8, 4) is 33.9 Å². The third-order valence-electron chi connectivity index (χ3n) is 6.22. The molecule has 0 saturated heterocycles. The summed E-state index contributed by atoms with van der Waals surface area (Å²) >= 11 is 0. The van der Waals surface area contributed by atoms with Crippen molar-refractivity contribution in [1.82, 2.24) is 35.1 Å². The van der Waals surface area contributed by atoms with Crippen LogP contribution in [0.4, 0.5) is 5.69 Å². The first-order valence-corrected chi connectivity index (χ1v) is 12.2. The highest BCUT2D eigenvalue weighted by Gasteiger charge is 2.17. The van der Waals surface area contributed by atoms with Crippen LogP contribution in [0.3, 0.4) is 0 Å². The molecule has 0 aliphatic heterocycles. The highest BCUT2D eigenvalue weighted by atomic mass is 16.3. The Morgan fingerprint density at radius 1 is 0.973 bits per heavy atom. The molecule has 0 aliphatic rings. The molecule has 0 spiro atoms. The van der Waals surface area contributed by atoms with Gasteiger partial charge in [0.05, 0.1) is 28.6 Å². The van der Waals surface area contributed by atoms with Crippen LogP contribution in [0.2, 0.25) is 0 Å². The Morgan fingerprint density at radius 3 is 2.73 bits per heavy atom. The van der Waals surface area contributed by atoms with E-state index in [0.717, 1.165) is 44.5 Å². The summed E-state index contributed by atoms with van der Waals surface area (Å²) in [5, 5.41) is 22.0.